The van der Waals surface area contributed by atoms with E-state index in [2.05, 4.69) is 16.7 Å². The van der Waals surface area contributed by atoms with E-state index in [1.807, 2.05) is 12.1 Å². The molecular formula is C9H13N5. The Morgan fingerprint density at radius 3 is 2.86 bits per heavy atom. The average molecular weight is 191 g/mol. The maximum absolute atomic E-state index is 5.55. The second-order valence-corrected chi connectivity index (χ2v) is 2.69. The lowest BCUT2D eigenvalue weighted by molar-refractivity contribution is 1.06. The largest absolute Gasteiger partial charge is 0.322 e. The van der Waals surface area contributed by atoms with Crippen LogP contribution in [0.3, 0.4) is 0 Å². The van der Waals surface area contributed by atoms with Gasteiger partial charge in [0.25, 0.3) is 0 Å². The third kappa shape index (κ3) is 2.56. The van der Waals surface area contributed by atoms with Gasteiger partial charge < -0.3 is 5.84 Å². The minimum atomic E-state index is 0.590. The van der Waals surface area contributed by atoms with Gasteiger partial charge in [-0.3, -0.25) is 0 Å². The zero-order valence-electron chi connectivity index (χ0n) is 7.80. The topological polar surface area (TPSA) is 80.5 Å². The van der Waals surface area contributed by atoms with Crippen molar-refractivity contribution in [3.63, 3.8) is 0 Å². The molecule has 0 bridgehead atoms. The smallest absolute Gasteiger partial charge is 0.148 e. The van der Waals surface area contributed by atoms with Gasteiger partial charge in [0.15, 0.2) is 0 Å². The maximum Gasteiger partial charge on any atom is 0.148 e. The van der Waals surface area contributed by atoms with E-state index in [1.165, 1.54) is 11.3 Å². The van der Waals surface area contributed by atoms with Crippen LogP contribution in [0.15, 0.2) is 36.1 Å². The highest BCUT2D eigenvalue weighted by Crippen LogP contribution is 2.07. The van der Waals surface area contributed by atoms with E-state index in [4.69, 9.17) is 11.7 Å². The minimum Gasteiger partial charge on any atom is -0.322 e. The monoisotopic (exact) mass is 191 g/mol. The lowest BCUT2D eigenvalue weighted by Gasteiger charge is -2.10. The van der Waals surface area contributed by atoms with Crippen LogP contribution in [0.2, 0.25) is 0 Å². The summed E-state index contributed by atoms with van der Waals surface area (Å²) >= 11 is 0. The Labute approximate surface area is 82.7 Å². The fourth-order valence-corrected chi connectivity index (χ4v) is 0.988. The summed E-state index contributed by atoms with van der Waals surface area (Å²) in [7, 11) is 0. The number of hydrogen-bond acceptors (Lipinski definition) is 4. The second-order valence-electron chi connectivity index (χ2n) is 2.69. The van der Waals surface area contributed by atoms with Gasteiger partial charge >= 0.3 is 0 Å². The van der Waals surface area contributed by atoms with Crippen LogP contribution in [-0.2, 0) is 6.42 Å². The Morgan fingerprint density at radius 2 is 2.36 bits per heavy atom. The molecule has 0 unspecified atom stereocenters. The van der Waals surface area contributed by atoms with Gasteiger partial charge in [0.2, 0.25) is 0 Å². The van der Waals surface area contributed by atoms with Crippen molar-refractivity contribution < 1.29 is 0 Å². The Bertz CT molecular complexity index is 316. The van der Waals surface area contributed by atoms with Gasteiger partial charge in [0.1, 0.15) is 12.2 Å². The predicted octanol–water partition coefficient (Wildman–Crippen LogP) is 0.392. The molecule has 0 aliphatic carbocycles. The molecule has 0 spiro atoms. The van der Waals surface area contributed by atoms with Crippen LogP contribution in [0.25, 0.3) is 0 Å². The van der Waals surface area contributed by atoms with Crippen molar-refractivity contribution >= 4 is 12.2 Å². The standard InChI is InChI=1S/C9H13N5/c1-2-3-8-4-5-9(12-6-8)14(11)7-13-10/h2,4-7H,1,3,10-11H2/b13-7-. The number of hydrogen-bond donors (Lipinski definition) is 2. The van der Waals surface area contributed by atoms with Crippen LogP contribution >= 0.6 is 0 Å². The number of nitrogens with zero attached hydrogens (tertiary/aromatic N) is 3. The zero-order chi connectivity index (χ0) is 10.4. The molecule has 5 heteroatoms. The third-order valence-corrected chi connectivity index (χ3v) is 1.64. The highest BCUT2D eigenvalue weighted by atomic mass is 15.4. The Balaban J connectivity index is 2.76. The summed E-state index contributed by atoms with van der Waals surface area (Å²) < 4.78 is 0. The quantitative estimate of drug-likeness (QED) is 0.237. The Kier molecular flexibility index (Phi) is 3.63. The number of hydrazine groups is 1. The molecule has 4 N–H and O–H groups in total. The van der Waals surface area contributed by atoms with E-state index in [9.17, 15) is 0 Å². The van der Waals surface area contributed by atoms with Crippen molar-refractivity contribution in [1.82, 2.24) is 4.98 Å². The van der Waals surface area contributed by atoms with Crippen molar-refractivity contribution in [2.45, 2.75) is 6.42 Å². The molecule has 0 saturated carbocycles. The summed E-state index contributed by atoms with van der Waals surface area (Å²) in [5.74, 6) is 11.1. The van der Waals surface area contributed by atoms with Crippen LogP contribution in [0, 0.1) is 0 Å². The molecule has 5 nitrogen and oxygen atoms in total. The highest BCUT2D eigenvalue weighted by molar-refractivity contribution is 5.75. The molecule has 0 amide bonds. The normalized spacial score (nSPS) is 10.4. The third-order valence-electron chi connectivity index (χ3n) is 1.64. The van der Waals surface area contributed by atoms with Gasteiger partial charge in [-0.1, -0.05) is 12.1 Å². The van der Waals surface area contributed by atoms with Gasteiger partial charge in [0.05, 0.1) is 0 Å². The van der Waals surface area contributed by atoms with E-state index < -0.39 is 0 Å². The van der Waals surface area contributed by atoms with Gasteiger partial charge in [0, 0.05) is 6.20 Å². The number of rotatable bonds is 4. The summed E-state index contributed by atoms with van der Waals surface area (Å²) in [6.45, 7) is 3.64. The van der Waals surface area contributed by atoms with Crippen molar-refractivity contribution in [3.05, 3.63) is 36.5 Å². The van der Waals surface area contributed by atoms with Gasteiger partial charge in [-0.15, -0.1) is 6.58 Å². The first-order valence-corrected chi connectivity index (χ1v) is 4.11. The first-order chi connectivity index (χ1) is 6.77. The molecule has 0 saturated heterocycles. The summed E-state index contributed by atoms with van der Waals surface area (Å²) in [4.78, 5) is 4.12. The van der Waals surface area contributed by atoms with Gasteiger partial charge in [-0.05, 0) is 18.1 Å². The van der Waals surface area contributed by atoms with E-state index >= 15 is 0 Å². The van der Waals surface area contributed by atoms with Crippen LogP contribution in [0.4, 0.5) is 5.82 Å². The van der Waals surface area contributed by atoms with Crippen molar-refractivity contribution in [2.24, 2.45) is 16.8 Å². The molecule has 0 aliphatic rings. The molecule has 1 aromatic rings. The number of pyridine rings is 1. The number of allylic oxidation sites excluding steroid dienone is 1. The Morgan fingerprint density at radius 1 is 1.57 bits per heavy atom. The van der Waals surface area contributed by atoms with E-state index in [1.54, 1.807) is 12.3 Å². The van der Waals surface area contributed by atoms with Gasteiger partial charge in [-0.2, -0.15) is 5.10 Å². The number of hydrazone groups is 1. The average Bonchev–Trinajstić information content (AvgIpc) is 2.20. The Hall–Kier alpha value is -1.88. The van der Waals surface area contributed by atoms with Crippen LogP contribution < -0.4 is 16.7 Å². The molecule has 0 atom stereocenters. The lowest BCUT2D eigenvalue weighted by Crippen LogP contribution is -2.30. The molecule has 74 valence electrons. The number of nitrogens with two attached hydrogens (primary N) is 2. The maximum atomic E-state index is 5.55. The van der Waals surface area contributed by atoms with E-state index in [-0.39, 0.29) is 0 Å². The number of aromatic nitrogens is 1. The lowest BCUT2D eigenvalue weighted by atomic mass is 10.2. The molecule has 0 aromatic carbocycles. The molecule has 1 heterocycles. The summed E-state index contributed by atoms with van der Waals surface area (Å²) in [6.07, 6.45) is 5.64. The SMILES string of the molecule is C=CCc1ccc(N(N)/C=N\N)nc1. The molecule has 0 fully saturated rings. The first kappa shape index (κ1) is 10.2. The summed E-state index contributed by atoms with van der Waals surface area (Å²) in [6, 6.07) is 3.72. The molecule has 0 radical (unpaired) electrons. The molecule has 14 heavy (non-hydrogen) atoms. The van der Waals surface area contributed by atoms with Crippen molar-refractivity contribution in [1.29, 1.82) is 0 Å². The predicted molar refractivity (Wildman–Crippen MR) is 57.5 cm³/mol. The fraction of sp³-hybridized carbons (Fsp3) is 0.111. The molecule has 1 rings (SSSR count). The molecule has 1 aromatic heterocycles. The fourth-order valence-electron chi connectivity index (χ4n) is 0.988. The molecule has 0 aliphatic heterocycles. The number of anilines is 1. The van der Waals surface area contributed by atoms with Crippen molar-refractivity contribution in [3.8, 4) is 0 Å². The zero-order valence-corrected chi connectivity index (χ0v) is 7.80. The first-order valence-electron chi connectivity index (χ1n) is 4.11. The van der Waals surface area contributed by atoms with Crippen LogP contribution in [-0.4, -0.2) is 11.3 Å². The second kappa shape index (κ2) is 4.98. The summed E-state index contributed by atoms with van der Waals surface area (Å²) in [5, 5.41) is 4.54. The van der Waals surface area contributed by atoms with Gasteiger partial charge in [-0.25, -0.2) is 15.8 Å². The summed E-state index contributed by atoms with van der Waals surface area (Å²) in [5.41, 5.74) is 1.09. The van der Waals surface area contributed by atoms with E-state index in [0.29, 0.717) is 5.82 Å². The van der Waals surface area contributed by atoms with Crippen molar-refractivity contribution in [2.75, 3.05) is 5.01 Å². The van der Waals surface area contributed by atoms with Crippen LogP contribution in [0.1, 0.15) is 5.56 Å². The highest BCUT2D eigenvalue weighted by Gasteiger charge is 1.98. The minimum absolute atomic E-state index is 0.590. The van der Waals surface area contributed by atoms with Crippen LogP contribution in [0.5, 0.6) is 0 Å². The molecular weight excluding hydrogens is 178 g/mol. The van der Waals surface area contributed by atoms with E-state index in [0.717, 1.165) is 12.0 Å².